The zero-order valence-electron chi connectivity index (χ0n) is 12.5. The molecule has 112 valence electrons. The Morgan fingerprint density at radius 2 is 1.86 bits per heavy atom. The van der Waals surface area contributed by atoms with Crippen LogP contribution in [-0.2, 0) is 0 Å². The summed E-state index contributed by atoms with van der Waals surface area (Å²) in [7, 11) is 1.65. The van der Waals surface area contributed by atoms with Gasteiger partial charge in [0.15, 0.2) is 0 Å². The number of ether oxygens (including phenoxy) is 1. The number of aryl methyl sites for hydroxylation is 1. The fraction of sp³-hybridized carbons (Fsp3) is 0.118. The van der Waals surface area contributed by atoms with Crippen LogP contribution in [0, 0.1) is 6.92 Å². The fourth-order valence-corrected chi connectivity index (χ4v) is 2.34. The third-order valence-corrected chi connectivity index (χ3v) is 3.41. The van der Waals surface area contributed by atoms with Crippen LogP contribution in [0.4, 0.5) is 11.5 Å². The van der Waals surface area contributed by atoms with Gasteiger partial charge >= 0.3 is 0 Å². The zero-order valence-corrected chi connectivity index (χ0v) is 12.5. The Bertz CT molecular complexity index is 835. The van der Waals surface area contributed by atoms with Crippen LogP contribution in [0.15, 0.2) is 59.4 Å². The van der Waals surface area contributed by atoms with Crippen molar-refractivity contribution < 1.29 is 4.74 Å². The summed E-state index contributed by atoms with van der Waals surface area (Å²) in [4.78, 5) is 12.1. The Balaban J connectivity index is 1.88. The van der Waals surface area contributed by atoms with Crippen LogP contribution in [0.5, 0.6) is 5.75 Å². The van der Waals surface area contributed by atoms with Crippen molar-refractivity contribution >= 4 is 11.5 Å². The minimum absolute atomic E-state index is 0.112. The van der Waals surface area contributed by atoms with Crippen molar-refractivity contribution in [2.24, 2.45) is 0 Å². The predicted molar refractivity (Wildman–Crippen MR) is 87.4 cm³/mol. The van der Waals surface area contributed by atoms with Gasteiger partial charge in [0.05, 0.1) is 12.8 Å². The molecule has 3 aromatic rings. The lowest BCUT2D eigenvalue weighted by atomic mass is 10.2. The molecule has 0 aliphatic heterocycles. The second-order valence-corrected chi connectivity index (χ2v) is 4.99. The van der Waals surface area contributed by atoms with E-state index in [4.69, 9.17) is 4.74 Å². The molecule has 2 aromatic carbocycles. The summed E-state index contributed by atoms with van der Waals surface area (Å²) in [5, 5.41) is 6.25. The number of methoxy groups -OCH3 is 1. The average molecular weight is 295 g/mol. The van der Waals surface area contributed by atoms with Crippen molar-refractivity contribution in [2.45, 2.75) is 6.92 Å². The van der Waals surface area contributed by atoms with E-state index in [2.05, 4.69) is 10.4 Å². The van der Waals surface area contributed by atoms with Crippen molar-refractivity contribution in [1.29, 1.82) is 0 Å². The molecule has 0 bridgehead atoms. The standard InChI is InChI=1S/C17H17N3O2/c1-12-10-13(8-9-15(12)22-2)18-16-11-17(21)20(19-16)14-6-4-3-5-7-14/h3-11,18-19H,1-2H3. The smallest absolute Gasteiger partial charge is 0.273 e. The molecule has 0 atom stereocenters. The molecule has 2 N–H and O–H groups in total. The van der Waals surface area contributed by atoms with E-state index in [1.54, 1.807) is 7.11 Å². The Morgan fingerprint density at radius 3 is 2.55 bits per heavy atom. The number of nitrogens with one attached hydrogen (secondary N) is 2. The Labute approximate surface area is 128 Å². The lowest BCUT2D eigenvalue weighted by Gasteiger charge is -2.08. The highest BCUT2D eigenvalue weighted by atomic mass is 16.5. The minimum atomic E-state index is -0.112. The maximum absolute atomic E-state index is 12.1. The van der Waals surface area contributed by atoms with Gasteiger partial charge < -0.3 is 10.1 Å². The number of hydrogen-bond acceptors (Lipinski definition) is 3. The topological polar surface area (TPSA) is 59.0 Å². The lowest BCUT2D eigenvalue weighted by Crippen LogP contribution is -2.12. The Hall–Kier alpha value is -2.95. The van der Waals surface area contributed by atoms with Gasteiger partial charge in [0, 0.05) is 11.8 Å². The number of benzene rings is 2. The van der Waals surface area contributed by atoms with E-state index in [9.17, 15) is 4.79 Å². The molecule has 22 heavy (non-hydrogen) atoms. The summed E-state index contributed by atoms with van der Waals surface area (Å²) in [6.07, 6.45) is 0. The van der Waals surface area contributed by atoms with Gasteiger partial charge in [-0.15, -0.1) is 0 Å². The van der Waals surface area contributed by atoms with Crippen LogP contribution in [-0.4, -0.2) is 16.9 Å². The molecule has 1 aromatic heterocycles. The molecule has 1 heterocycles. The number of H-pyrrole nitrogens is 1. The van der Waals surface area contributed by atoms with Crippen LogP contribution in [0.3, 0.4) is 0 Å². The highest BCUT2D eigenvalue weighted by molar-refractivity contribution is 5.59. The summed E-state index contributed by atoms with van der Waals surface area (Å²) in [6.45, 7) is 1.97. The molecule has 0 unspecified atom stereocenters. The number of hydrogen-bond donors (Lipinski definition) is 2. The van der Waals surface area contributed by atoms with Crippen LogP contribution >= 0.6 is 0 Å². The monoisotopic (exact) mass is 295 g/mol. The van der Waals surface area contributed by atoms with Crippen molar-refractivity contribution in [1.82, 2.24) is 9.78 Å². The van der Waals surface area contributed by atoms with E-state index in [1.807, 2.05) is 55.5 Å². The molecule has 0 saturated carbocycles. The number of anilines is 2. The third kappa shape index (κ3) is 2.74. The van der Waals surface area contributed by atoms with Crippen LogP contribution in [0.1, 0.15) is 5.56 Å². The normalized spacial score (nSPS) is 10.5. The summed E-state index contributed by atoms with van der Waals surface area (Å²) < 4.78 is 6.74. The van der Waals surface area contributed by atoms with E-state index in [-0.39, 0.29) is 5.56 Å². The van der Waals surface area contributed by atoms with Crippen molar-refractivity contribution in [3.8, 4) is 11.4 Å². The molecule has 0 saturated heterocycles. The van der Waals surface area contributed by atoms with Gasteiger partial charge in [-0.25, -0.2) is 4.68 Å². The largest absolute Gasteiger partial charge is 0.496 e. The maximum Gasteiger partial charge on any atom is 0.273 e. The van der Waals surface area contributed by atoms with E-state index < -0.39 is 0 Å². The first-order valence-electron chi connectivity index (χ1n) is 6.96. The second-order valence-electron chi connectivity index (χ2n) is 4.99. The molecule has 0 amide bonds. The first-order chi connectivity index (χ1) is 10.7. The van der Waals surface area contributed by atoms with Gasteiger partial charge in [-0.3, -0.25) is 9.89 Å². The summed E-state index contributed by atoms with van der Waals surface area (Å²) >= 11 is 0. The van der Waals surface area contributed by atoms with E-state index >= 15 is 0 Å². The van der Waals surface area contributed by atoms with Gasteiger partial charge in [0.25, 0.3) is 5.56 Å². The Kier molecular flexibility index (Phi) is 3.70. The number of aromatic nitrogens is 2. The summed E-state index contributed by atoms with van der Waals surface area (Å²) in [5.74, 6) is 1.47. The molecular weight excluding hydrogens is 278 g/mol. The van der Waals surface area contributed by atoms with Gasteiger partial charge in [-0.1, -0.05) is 18.2 Å². The number of rotatable bonds is 4. The van der Waals surface area contributed by atoms with Crippen molar-refractivity contribution in [3.63, 3.8) is 0 Å². The van der Waals surface area contributed by atoms with Crippen LogP contribution in [0.2, 0.25) is 0 Å². The van der Waals surface area contributed by atoms with Gasteiger partial charge in [-0.05, 0) is 42.8 Å². The van der Waals surface area contributed by atoms with Crippen LogP contribution < -0.4 is 15.6 Å². The number of para-hydroxylation sites is 1. The zero-order chi connectivity index (χ0) is 15.5. The highest BCUT2D eigenvalue weighted by Crippen LogP contribution is 2.23. The molecule has 0 aliphatic carbocycles. The maximum atomic E-state index is 12.1. The van der Waals surface area contributed by atoms with Gasteiger partial charge in [-0.2, -0.15) is 0 Å². The third-order valence-electron chi connectivity index (χ3n) is 3.41. The first-order valence-corrected chi connectivity index (χ1v) is 6.96. The van der Waals surface area contributed by atoms with Crippen molar-refractivity contribution in [3.05, 3.63) is 70.5 Å². The van der Waals surface area contributed by atoms with Crippen molar-refractivity contribution in [2.75, 3.05) is 12.4 Å². The molecular formula is C17H17N3O2. The van der Waals surface area contributed by atoms with E-state index in [0.717, 1.165) is 22.7 Å². The molecule has 5 heteroatoms. The first kappa shape index (κ1) is 14.0. The SMILES string of the molecule is COc1ccc(Nc2cc(=O)n(-c3ccccc3)[nH]2)cc1C. The molecule has 0 radical (unpaired) electrons. The average Bonchev–Trinajstić information content (AvgIpc) is 2.89. The predicted octanol–water partition coefficient (Wildman–Crippen LogP) is 3.23. The molecule has 3 rings (SSSR count). The van der Waals surface area contributed by atoms with Gasteiger partial charge in [0.2, 0.25) is 0 Å². The molecule has 0 spiro atoms. The molecule has 0 fully saturated rings. The van der Waals surface area contributed by atoms with Crippen LogP contribution in [0.25, 0.3) is 5.69 Å². The fourth-order valence-electron chi connectivity index (χ4n) is 2.34. The molecule has 5 nitrogen and oxygen atoms in total. The summed E-state index contributed by atoms with van der Waals surface area (Å²) in [6, 6.07) is 16.7. The number of aromatic amines is 1. The van der Waals surface area contributed by atoms with E-state index in [0.29, 0.717) is 5.82 Å². The summed E-state index contributed by atoms with van der Waals surface area (Å²) in [5.41, 5.74) is 2.60. The quantitative estimate of drug-likeness (QED) is 0.777. The van der Waals surface area contributed by atoms with E-state index in [1.165, 1.54) is 10.7 Å². The highest BCUT2D eigenvalue weighted by Gasteiger charge is 2.06. The Morgan fingerprint density at radius 1 is 1.09 bits per heavy atom. The second kappa shape index (κ2) is 5.81. The lowest BCUT2D eigenvalue weighted by molar-refractivity contribution is 0.412. The minimum Gasteiger partial charge on any atom is -0.496 e. The molecule has 0 aliphatic rings. The van der Waals surface area contributed by atoms with Gasteiger partial charge in [0.1, 0.15) is 11.6 Å². The number of nitrogens with zero attached hydrogens (tertiary/aromatic N) is 1.